The Kier molecular flexibility index (Phi) is 5.28. The Labute approximate surface area is 131 Å². The quantitative estimate of drug-likeness (QED) is 0.833. The van der Waals surface area contributed by atoms with Crippen LogP contribution in [0.15, 0.2) is 24.3 Å². The third-order valence-electron chi connectivity index (χ3n) is 4.21. The Morgan fingerprint density at radius 2 is 2.18 bits per heavy atom. The number of nitrogens with zero attached hydrogens (tertiary/aromatic N) is 2. The fourth-order valence-electron chi connectivity index (χ4n) is 3.11. The van der Waals surface area contributed by atoms with Crippen LogP contribution < -0.4 is 4.74 Å². The van der Waals surface area contributed by atoms with Gasteiger partial charge in [-0.3, -0.25) is 4.90 Å². The third-order valence-corrected chi connectivity index (χ3v) is 4.21. The van der Waals surface area contributed by atoms with E-state index in [1.54, 1.807) is 12.1 Å². The van der Waals surface area contributed by atoms with Crippen molar-refractivity contribution in [3.63, 3.8) is 0 Å². The summed E-state index contributed by atoms with van der Waals surface area (Å²) in [6.45, 7) is 5.07. The summed E-state index contributed by atoms with van der Waals surface area (Å²) in [5.41, 5.74) is 0.631. The first-order valence-electron chi connectivity index (χ1n) is 7.94. The van der Waals surface area contributed by atoms with E-state index >= 15 is 0 Å². The molecule has 0 saturated carbocycles. The van der Waals surface area contributed by atoms with Gasteiger partial charge in [-0.1, -0.05) is 6.07 Å². The van der Waals surface area contributed by atoms with Crippen molar-refractivity contribution >= 4 is 0 Å². The maximum absolute atomic E-state index is 8.89. The molecule has 0 spiro atoms. The molecule has 1 unspecified atom stereocenters. The van der Waals surface area contributed by atoms with E-state index in [0.29, 0.717) is 18.1 Å². The van der Waals surface area contributed by atoms with E-state index in [0.717, 1.165) is 38.6 Å². The number of rotatable bonds is 5. The summed E-state index contributed by atoms with van der Waals surface area (Å²) in [6, 6.07) is 9.42. The zero-order valence-electron chi connectivity index (χ0n) is 12.7. The highest BCUT2D eigenvalue weighted by atomic mass is 16.7. The Morgan fingerprint density at radius 1 is 1.32 bits per heavy atom. The minimum atomic E-state index is -0.0176. The van der Waals surface area contributed by atoms with E-state index in [9.17, 15) is 0 Å². The Morgan fingerprint density at radius 3 is 3.00 bits per heavy atom. The second-order valence-corrected chi connectivity index (χ2v) is 5.80. The van der Waals surface area contributed by atoms with Crippen LogP contribution in [-0.2, 0) is 9.47 Å². The zero-order valence-corrected chi connectivity index (χ0v) is 12.7. The minimum absolute atomic E-state index is 0.0176. The van der Waals surface area contributed by atoms with Gasteiger partial charge in [0.1, 0.15) is 12.4 Å². The van der Waals surface area contributed by atoms with E-state index < -0.39 is 0 Å². The zero-order chi connectivity index (χ0) is 15.2. The SMILES string of the molecule is N#Cc1cccc(OCCN2CCCC(C3OCCO3)C2)c1. The number of benzene rings is 1. The summed E-state index contributed by atoms with van der Waals surface area (Å²) in [6.07, 6.45) is 2.33. The normalized spacial score (nSPS) is 23.3. The number of ether oxygens (including phenoxy) is 3. The first-order valence-corrected chi connectivity index (χ1v) is 7.94. The first-order chi connectivity index (χ1) is 10.8. The second-order valence-electron chi connectivity index (χ2n) is 5.80. The molecule has 0 aromatic heterocycles. The number of piperidine rings is 1. The van der Waals surface area contributed by atoms with Crippen molar-refractivity contribution in [3.8, 4) is 11.8 Å². The predicted molar refractivity (Wildman–Crippen MR) is 81.5 cm³/mol. The summed E-state index contributed by atoms with van der Waals surface area (Å²) >= 11 is 0. The fourth-order valence-corrected chi connectivity index (χ4v) is 3.11. The van der Waals surface area contributed by atoms with Gasteiger partial charge in [-0.2, -0.15) is 5.26 Å². The molecule has 3 rings (SSSR count). The average molecular weight is 302 g/mol. The molecule has 0 bridgehead atoms. The van der Waals surface area contributed by atoms with E-state index in [-0.39, 0.29) is 6.29 Å². The highest BCUT2D eigenvalue weighted by Gasteiger charge is 2.30. The monoisotopic (exact) mass is 302 g/mol. The first kappa shape index (κ1) is 15.3. The van der Waals surface area contributed by atoms with Crippen molar-refractivity contribution in [2.75, 3.05) is 39.5 Å². The molecule has 22 heavy (non-hydrogen) atoms. The summed E-state index contributed by atoms with van der Waals surface area (Å²) in [5, 5.41) is 8.89. The van der Waals surface area contributed by atoms with Gasteiger partial charge in [0.2, 0.25) is 0 Å². The molecule has 0 amide bonds. The van der Waals surface area contributed by atoms with Crippen molar-refractivity contribution in [1.29, 1.82) is 5.26 Å². The number of nitriles is 1. The molecule has 0 radical (unpaired) electrons. The van der Waals surface area contributed by atoms with Crippen LogP contribution in [0.5, 0.6) is 5.75 Å². The summed E-state index contributed by atoms with van der Waals surface area (Å²) in [4.78, 5) is 2.41. The average Bonchev–Trinajstić information content (AvgIpc) is 3.10. The highest BCUT2D eigenvalue weighted by Crippen LogP contribution is 2.24. The van der Waals surface area contributed by atoms with Crippen molar-refractivity contribution < 1.29 is 14.2 Å². The van der Waals surface area contributed by atoms with Crippen LogP contribution in [0.2, 0.25) is 0 Å². The minimum Gasteiger partial charge on any atom is -0.492 e. The van der Waals surface area contributed by atoms with Crippen LogP contribution in [0, 0.1) is 17.2 Å². The molecule has 1 aromatic rings. The number of hydrogen-bond acceptors (Lipinski definition) is 5. The molecule has 0 N–H and O–H groups in total. The van der Waals surface area contributed by atoms with Gasteiger partial charge < -0.3 is 14.2 Å². The lowest BCUT2D eigenvalue weighted by atomic mass is 9.97. The number of hydrogen-bond donors (Lipinski definition) is 0. The Hall–Kier alpha value is -1.61. The molecule has 5 heteroatoms. The second kappa shape index (κ2) is 7.59. The van der Waals surface area contributed by atoms with Crippen LogP contribution in [0.25, 0.3) is 0 Å². The lowest BCUT2D eigenvalue weighted by Gasteiger charge is -2.34. The van der Waals surface area contributed by atoms with Gasteiger partial charge in [0.25, 0.3) is 0 Å². The molecular weight excluding hydrogens is 280 g/mol. The molecule has 118 valence electrons. The summed E-state index contributed by atoms with van der Waals surface area (Å²) in [7, 11) is 0. The van der Waals surface area contributed by atoms with Gasteiger partial charge in [0.15, 0.2) is 6.29 Å². The molecule has 1 aromatic carbocycles. The summed E-state index contributed by atoms with van der Waals surface area (Å²) in [5.74, 6) is 1.23. The molecule has 2 aliphatic heterocycles. The van der Waals surface area contributed by atoms with Crippen molar-refractivity contribution in [2.45, 2.75) is 19.1 Å². The fraction of sp³-hybridized carbons (Fsp3) is 0.588. The van der Waals surface area contributed by atoms with E-state index in [2.05, 4.69) is 11.0 Å². The van der Waals surface area contributed by atoms with E-state index in [1.165, 1.54) is 12.8 Å². The van der Waals surface area contributed by atoms with Gasteiger partial charge in [-0.15, -0.1) is 0 Å². The molecule has 2 saturated heterocycles. The highest BCUT2D eigenvalue weighted by molar-refractivity contribution is 5.36. The van der Waals surface area contributed by atoms with Crippen LogP contribution in [-0.4, -0.2) is 50.6 Å². The van der Waals surface area contributed by atoms with Crippen LogP contribution >= 0.6 is 0 Å². The van der Waals surface area contributed by atoms with Gasteiger partial charge in [0, 0.05) is 19.0 Å². The molecule has 2 fully saturated rings. The molecular formula is C17H22N2O3. The van der Waals surface area contributed by atoms with Crippen LogP contribution in [0.4, 0.5) is 0 Å². The Balaban J connectivity index is 1.43. The lowest BCUT2D eigenvalue weighted by molar-refractivity contribution is -0.100. The summed E-state index contributed by atoms with van der Waals surface area (Å²) < 4.78 is 17.0. The molecule has 2 heterocycles. The smallest absolute Gasteiger partial charge is 0.161 e. The van der Waals surface area contributed by atoms with E-state index in [1.807, 2.05) is 12.1 Å². The standard InChI is InChI=1S/C17H22N2O3/c18-12-14-3-1-5-16(11-14)20-8-7-19-6-2-4-15(13-19)17-21-9-10-22-17/h1,3,5,11,15,17H,2,4,6-10,13H2. The van der Waals surface area contributed by atoms with Crippen LogP contribution in [0.1, 0.15) is 18.4 Å². The molecule has 5 nitrogen and oxygen atoms in total. The van der Waals surface area contributed by atoms with Crippen molar-refractivity contribution in [2.24, 2.45) is 5.92 Å². The largest absolute Gasteiger partial charge is 0.492 e. The van der Waals surface area contributed by atoms with Crippen molar-refractivity contribution in [3.05, 3.63) is 29.8 Å². The lowest BCUT2D eigenvalue weighted by Crippen LogP contribution is -2.42. The van der Waals surface area contributed by atoms with Gasteiger partial charge in [0.05, 0.1) is 24.8 Å². The number of likely N-dealkylation sites (tertiary alicyclic amines) is 1. The third kappa shape index (κ3) is 3.98. The maximum atomic E-state index is 8.89. The molecule has 1 atom stereocenters. The Bertz CT molecular complexity index is 523. The van der Waals surface area contributed by atoms with Gasteiger partial charge in [-0.25, -0.2) is 0 Å². The molecule has 2 aliphatic rings. The van der Waals surface area contributed by atoms with Crippen LogP contribution in [0.3, 0.4) is 0 Å². The van der Waals surface area contributed by atoms with Crippen molar-refractivity contribution in [1.82, 2.24) is 4.90 Å². The molecule has 0 aliphatic carbocycles. The maximum Gasteiger partial charge on any atom is 0.161 e. The predicted octanol–water partition coefficient (Wildman–Crippen LogP) is 2.02. The van der Waals surface area contributed by atoms with Gasteiger partial charge in [-0.05, 0) is 37.6 Å². The van der Waals surface area contributed by atoms with E-state index in [4.69, 9.17) is 19.5 Å². The topological polar surface area (TPSA) is 54.7 Å². The van der Waals surface area contributed by atoms with Gasteiger partial charge >= 0.3 is 0 Å².